The number of hydrogen-bond donors (Lipinski definition) is 0. The Balaban J connectivity index is 1.97. The highest BCUT2D eigenvalue weighted by Gasteiger charge is 2.18. The van der Waals surface area contributed by atoms with Gasteiger partial charge in [-0.05, 0) is 30.5 Å². The summed E-state index contributed by atoms with van der Waals surface area (Å²) in [5, 5.41) is 7.96. The third-order valence-corrected chi connectivity index (χ3v) is 4.77. The van der Waals surface area contributed by atoms with Crippen LogP contribution in [0.15, 0.2) is 60.7 Å². The van der Waals surface area contributed by atoms with Crippen LogP contribution in [-0.2, 0) is 0 Å². The second kappa shape index (κ2) is 7.31. The van der Waals surface area contributed by atoms with E-state index in [1.54, 1.807) is 7.11 Å². The van der Waals surface area contributed by atoms with Crippen LogP contribution in [0, 0.1) is 5.92 Å². The fourth-order valence-electron chi connectivity index (χ4n) is 3.34. The monoisotopic (exact) mass is 360 g/mol. The maximum absolute atomic E-state index is 6.09. The van der Waals surface area contributed by atoms with Crippen molar-refractivity contribution < 1.29 is 9.47 Å². The van der Waals surface area contributed by atoms with Gasteiger partial charge in [0.25, 0.3) is 0 Å². The fourth-order valence-corrected chi connectivity index (χ4v) is 3.34. The highest BCUT2D eigenvalue weighted by Crippen LogP contribution is 2.38. The van der Waals surface area contributed by atoms with Gasteiger partial charge in [0.1, 0.15) is 5.75 Å². The first-order valence-electron chi connectivity index (χ1n) is 9.35. The van der Waals surface area contributed by atoms with Gasteiger partial charge >= 0.3 is 0 Å². The smallest absolute Gasteiger partial charge is 0.241 e. The number of hydrogen-bond acceptors (Lipinski definition) is 3. The lowest BCUT2D eigenvalue weighted by molar-refractivity contribution is 0.280. The van der Waals surface area contributed by atoms with Crippen molar-refractivity contribution >= 4 is 21.7 Å². The largest absolute Gasteiger partial charge is 0.496 e. The number of para-hydroxylation sites is 1. The molecule has 0 saturated carbocycles. The number of rotatable bonds is 6. The van der Waals surface area contributed by atoms with Crippen molar-refractivity contribution in [1.82, 2.24) is 9.78 Å². The van der Waals surface area contributed by atoms with E-state index >= 15 is 0 Å². The number of ether oxygens (including phenoxy) is 2. The topological polar surface area (TPSA) is 36.3 Å². The maximum atomic E-state index is 6.09. The molecule has 0 aliphatic carbocycles. The van der Waals surface area contributed by atoms with Gasteiger partial charge in [0.15, 0.2) is 0 Å². The molecule has 0 fully saturated rings. The minimum Gasteiger partial charge on any atom is -0.496 e. The highest BCUT2D eigenvalue weighted by molar-refractivity contribution is 6.10. The first-order valence-corrected chi connectivity index (χ1v) is 9.35. The molecule has 4 rings (SSSR count). The standard InChI is InChI=1S/C23H24N2O2/c1-16(2)13-14-27-23-20-15-21(26-3)18-11-7-8-12-19(18)22(20)25(24-23)17-9-5-4-6-10-17/h4-12,15-16H,13-14H2,1-3H3. The molecule has 27 heavy (non-hydrogen) atoms. The average molecular weight is 360 g/mol. The molecule has 0 aliphatic rings. The van der Waals surface area contributed by atoms with Gasteiger partial charge in [0.05, 0.1) is 30.3 Å². The molecular formula is C23H24N2O2. The van der Waals surface area contributed by atoms with Crippen LogP contribution in [0.25, 0.3) is 27.4 Å². The summed E-state index contributed by atoms with van der Waals surface area (Å²) >= 11 is 0. The molecule has 0 N–H and O–H groups in total. The van der Waals surface area contributed by atoms with Gasteiger partial charge in [0.2, 0.25) is 5.88 Å². The summed E-state index contributed by atoms with van der Waals surface area (Å²) < 4.78 is 13.7. The van der Waals surface area contributed by atoms with Crippen LogP contribution in [0.1, 0.15) is 20.3 Å². The Morgan fingerprint density at radius 2 is 1.63 bits per heavy atom. The van der Waals surface area contributed by atoms with E-state index < -0.39 is 0 Å². The van der Waals surface area contributed by atoms with Crippen LogP contribution in [0.4, 0.5) is 0 Å². The molecule has 1 heterocycles. The van der Waals surface area contributed by atoms with Gasteiger partial charge in [-0.3, -0.25) is 0 Å². The molecule has 0 bridgehead atoms. The predicted molar refractivity (Wildman–Crippen MR) is 110 cm³/mol. The maximum Gasteiger partial charge on any atom is 0.241 e. The number of fused-ring (bicyclic) bond motifs is 3. The summed E-state index contributed by atoms with van der Waals surface area (Å²) in [5.74, 6) is 2.07. The average Bonchev–Trinajstić information content (AvgIpc) is 3.06. The van der Waals surface area contributed by atoms with Gasteiger partial charge in [-0.15, -0.1) is 5.10 Å². The van der Waals surface area contributed by atoms with Gasteiger partial charge < -0.3 is 9.47 Å². The second-order valence-electron chi connectivity index (χ2n) is 7.10. The third-order valence-electron chi connectivity index (χ3n) is 4.77. The van der Waals surface area contributed by atoms with Crippen molar-refractivity contribution in [3.05, 3.63) is 60.7 Å². The quantitative estimate of drug-likeness (QED) is 0.448. The zero-order valence-electron chi connectivity index (χ0n) is 16.0. The molecule has 0 unspecified atom stereocenters. The van der Waals surface area contributed by atoms with E-state index in [1.165, 1.54) is 0 Å². The van der Waals surface area contributed by atoms with Crippen LogP contribution >= 0.6 is 0 Å². The van der Waals surface area contributed by atoms with Crippen LogP contribution < -0.4 is 9.47 Å². The lowest BCUT2D eigenvalue weighted by Gasteiger charge is -2.09. The Labute approximate surface area is 159 Å². The molecule has 0 spiro atoms. The van der Waals surface area contributed by atoms with Crippen molar-refractivity contribution in [2.45, 2.75) is 20.3 Å². The van der Waals surface area contributed by atoms with Crippen molar-refractivity contribution in [2.75, 3.05) is 13.7 Å². The first kappa shape index (κ1) is 17.4. The van der Waals surface area contributed by atoms with E-state index in [0.29, 0.717) is 18.4 Å². The Bertz CT molecular complexity index is 1070. The van der Waals surface area contributed by atoms with Gasteiger partial charge in [0, 0.05) is 10.8 Å². The van der Waals surface area contributed by atoms with Crippen LogP contribution in [0.3, 0.4) is 0 Å². The number of aromatic nitrogens is 2. The van der Waals surface area contributed by atoms with E-state index in [1.807, 2.05) is 41.1 Å². The van der Waals surface area contributed by atoms with E-state index in [9.17, 15) is 0 Å². The number of benzene rings is 3. The fraction of sp³-hybridized carbons (Fsp3) is 0.261. The molecule has 4 aromatic rings. The minimum atomic E-state index is 0.586. The SMILES string of the molecule is COc1cc2c(OCCC(C)C)nn(-c3ccccc3)c2c2ccccc12. The van der Waals surface area contributed by atoms with Crippen molar-refractivity contribution in [3.63, 3.8) is 0 Å². The Morgan fingerprint density at radius 1 is 0.926 bits per heavy atom. The lowest BCUT2D eigenvalue weighted by atomic mass is 10.1. The molecule has 0 atom stereocenters. The van der Waals surface area contributed by atoms with E-state index in [-0.39, 0.29) is 0 Å². The molecular weight excluding hydrogens is 336 g/mol. The summed E-state index contributed by atoms with van der Waals surface area (Å²) in [4.78, 5) is 0. The van der Waals surface area contributed by atoms with Crippen molar-refractivity contribution in [2.24, 2.45) is 5.92 Å². The van der Waals surface area contributed by atoms with Crippen LogP contribution in [-0.4, -0.2) is 23.5 Å². The van der Waals surface area contributed by atoms with Crippen molar-refractivity contribution in [3.8, 4) is 17.3 Å². The molecule has 1 aromatic heterocycles. The van der Waals surface area contributed by atoms with E-state index in [0.717, 1.165) is 39.5 Å². The third kappa shape index (κ3) is 3.23. The van der Waals surface area contributed by atoms with Crippen LogP contribution in [0.2, 0.25) is 0 Å². The van der Waals surface area contributed by atoms with Gasteiger partial charge in [-0.2, -0.15) is 0 Å². The molecule has 4 nitrogen and oxygen atoms in total. The Morgan fingerprint density at radius 3 is 2.33 bits per heavy atom. The summed E-state index contributed by atoms with van der Waals surface area (Å²) in [6.45, 7) is 5.04. The minimum absolute atomic E-state index is 0.586. The van der Waals surface area contributed by atoms with E-state index in [2.05, 4.69) is 38.1 Å². The molecule has 0 aliphatic heterocycles. The van der Waals surface area contributed by atoms with E-state index in [4.69, 9.17) is 14.6 Å². The molecule has 138 valence electrons. The van der Waals surface area contributed by atoms with Crippen molar-refractivity contribution in [1.29, 1.82) is 0 Å². The summed E-state index contributed by atoms with van der Waals surface area (Å²) in [5.41, 5.74) is 2.05. The highest BCUT2D eigenvalue weighted by atomic mass is 16.5. The lowest BCUT2D eigenvalue weighted by Crippen LogP contribution is -2.02. The van der Waals surface area contributed by atoms with Crippen LogP contribution in [0.5, 0.6) is 11.6 Å². The molecule has 0 radical (unpaired) electrons. The summed E-state index contributed by atoms with van der Waals surface area (Å²) in [6.07, 6.45) is 0.990. The molecule has 0 amide bonds. The molecule has 3 aromatic carbocycles. The van der Waals surface area contributed by atoms with Gasteiger partial charge in [-0.25, -0.2) is 4.68 Å². The normalized spacial score (nSPS) is 11.4. The zero-order chi connectivity index (χ0) is 18.8. The second-order valence-corrected chi connectivity index (χ2v) is 7.10. The Kier molecular flexibility index (Phi) is 4.71. The first-order chi connectivity index (χ1) is 13.2. The number of nitrogens with zero attached hydrogens (tertiary/aromatic N) is 2. The number of methoxy groups -OCH3 is 1. The summed E-state index contributed by atoms with van der Waals surface area (Å²) in [6, 6.07) is 20.5. The predicted octanol–water partition coefficient (Wildman–Crippen LogP) is 5.61. The van der Waals surface area contributed by atoms with Gasteiger partial charge in [-0.1, -0.05) is 56.3 Å². The summed E-state index contributed by atoms with van der Waals surface area (Å²) in [7, 11) is 1.70. The Hall–Kier alpha value is -3.01. The molecule has 0 saturated heterocycles. The zero-order valence-corrected chi connectivity index (χ0v) is 16.0. The molecule has 4 heteroatoms.